The van der Waals surface area contributed by atoms with Crippen molar-refractivity contribution in [1.82, 2.24) is 4.37 Å². The summed E-state index contributed by atoms with van der Waals surface area (Å²) in [5, 5.41) is 12.1. The highest BCUT2D eigenvalue weighted by Crippen LogP contribution is 2.33. The van der Waals surface area contributed by atoms with Crippen molar-refractivity contribution >= 4 is 11.5 Å². The average Bonchev–Trinajstić information content (AvgIpc) is 2.63. The Morgan fingerprint density at radius 1 is 1.69 bits per heavy atom. The van der Waals surface area contributed by atoms with Gasteiger partial charge in [-0.2, -0.15) is 4.37 Å². The lowest BCUT2D eigenvalue weighted by Gasteiger charge is -2.27. The standard InChI is InChI=1S/C10H13NOS/c1-8-2-5-10(12,6-3-8)9-4-7-13-11-9/h2,4-5,7-8,12H,3,6H2,1H3. The van der Waals surface area contributed by atoms with Crippen LogP contribution in [0.2, 0.25) is 0 Å². The van der Waals surface area contributed by atoms with Crippen molar-refractivity contribution in [2.45, 2.75) is 25.4 Å². The van der Waals surface area contributed by atoms with E-state index < -0.39 is 5.60 Å². The van der Waals surface area contributed by atoms with Crippen LogP contribution in [0, 0.1) is 5.92 Å². The molecule has 2 atom stereocenters. The minimum Gasteiger partial charge on any atom is -0.379 e. The summed E-state index contributed by atoms with van der Waals surface area (Å²) >= 11 is 1.39. The van der Waals surface area contributed by atoms with Crippen LogP contribution >= 0.6 is 11.5 Å². The first-order valence-corrected chi connectivity index (χ1v) is 5.37. The molecule has 0 fully saturated rings. The van der Waals surface area contributed by atoms with Crippen LogP contribution in [0.5, 0.6) is 0 Å². The highest BCUT2D eigenvalue weighted by atomic mass is 32.1. The number of hydrogen-bond acceptors (Lipinski definition) is 3. The van der Waals surface area contributed by atoms with Gasteiger partial charge in [0.05, 0.1) is 5.69 Å². The molecule has 2 unspecified atom stereocenters. The average molecular weight is 195 g/mol. The fourth-order valence-electron chi connectivity index (χ4n) is 1.60. The maximum absolute atomic E-state index is 10.2. The minimum absolute atomic E-state index is 0.582. The van der Waals surface area contributed by atoms with Crippen molar-refractivity contribution in [3.05, 3.63) is 29.3 Å². The minimum atomic E-state index is -0.799. The van der Waals surface area contributed by atoms with E-state index in [1.165, 1.54) is 11.5 Å². The van der Waals surface area contributed by atoms with Gasteiger partial charge >= 0.3 is 0 Å². The van der Waals surface area contributed by atoms with E-state index in [1.807, 2.05) is 17.5 Å². The lowest BCUT2D eigenvalue weighted by Crippen LogP contribution is -2.26. The zero-order valence-corrected chi connectivity index (χ0v) is 8.42. The van der Waals surface area contributed by atoms with Crippen LogP contribution in [-0.2, 0) is 5.60 Å². The lowest BCUT2D eigenvalue weighted by atomic mass is 9.84. The smallest absolute Gasteiger partial charge is 0.126 e. The van der Waals surface area contributed by atoms with E-state index in [-0.39, 0.29) is 0 Å². The van der Waals surface area contributed by atoms with Crippen LogP contribution in [0.25, 0.3) is 0 Å². The molecule has 0 spiro atoms. The SMILES string of the molecule is CC1C=CC(O)(c2ccsn2)CC1. The molecule has 0 bridgehead atoms. The maximum atomic E-state index is 10.2. The van der Waals surface area contributed by atoms with Crippen molar-refractivity contribution < 1.29 is 5.11 Å². The predicted octanol–water partition coefficient (Wildman–Crippen LogP) is 2.32. The molecule has 0 saturated heterocycles. The van der Waals surface area contributed by atoms with Gasteiger partial charge in [-0.25, -0.2) is 0 Å². The first-order valence-electron chi connectivity index (χ1n) is 4.53. The molecular formula is C10H13NOS. The molecule has 2 nitrogen and oxygen atoms in total. The summed E-state index contributed by atoms with van der Waals surface area (Å²) in [7, 11) is 0. The van der Waals surface area contributed by atoms with E-state index in [2.05, 4.69) is 17.4 Å². The number of hydrogen-bond donors (Lipinski definition) is 1. The fourth-order valence-corrected chi connectivity index (χ4v) is 2.18. The first-order chi connectivity index (χ1) is 6.21. The third-order valence-electron chi connectivity index (χ3n) is 2.56. The Kier molecular flexibility index (Phi) is 2.22. The summed E-state index contributed by atoms with van der Waals surface area (Å²) in [6.07, 6.45) is 5.78. The summed E-state index contributed by atoms with van der Waals surface area (Å²) in [5.41, 5.74) is -0.00683. The lowest BCUT2D eigenvalue weighted by molar-refractivity contribution is 0.0639. The Balaban J connectivity index is 2.27. The molecule has 70 valence electrons. The van der Waals surface area contributed by atoms with Crippen LogP contribution in [0.15, 0.2) is 23.6 Å². The van der Waals surface area contributed by atoms with E-state index in [0.717, 1.165) is 18.5 Å². The van der Waals surface area contributed by atoms with Gasteiger partial charge in [-0.05, 0) is 36.4 Å². The molecule has 13 heavy (non-hydrogen) atoms. The molecule has 0 saturated carbocycles. The number of rotatable bonds is 1. The molecule has 1 aromatic rings. The van der Waals surface area contributed by atoms with Gasteiger partial charge < -0.3 is 5.11 Å². The van der Waals surface area contributed by atoms with Gasteiger partial charge in [-0.3, -0.25) is 0 Å². The molecule has 0 amide bonds. The Morgan fingerprint density at radius 2 is 2.54 bits per heavy atom. The fraction of sp³-hybridized carbons (Fsp3) is 0.500. The molecule has 2 rings (SSSR count). The van der Waals surface area contributed by atoms with Crippen LogP contribution in [-0.4, -0.2) is 9.48 Å². The van der Waals surface area contributed by atoms with Crippen LogP contribution in [0.1, 0.15) is 25.5 Å². The zero-order valence-electron chi connectivity index (χ0n) is 7.60. The van der Waals surface area contributed by atoms with Crippen molar-refractivity contribution in [2.24, 2.45) is 5.92 Å². The Labute approximate surface area is 82.1 Å². The summed E-state index contributed by atoms with van der Waals surface area (Å²) in [4.78, 5) is 0. The van der Waals surface area contributed by atoms with Crippen molar-refractivity contribution in [3.63, 3.8) is 0 Å². The quantitative estimate of drug-likeness (QED) is 0.698. The predicted molar refractivity (Wildman–Crippen MR) is 53.5 cm³/mol. The van der Waals surface area contributed by atoms with E-state index in [1.54, 1.807) is 0 Å². The van der Waals surface area contributed by atoms with Crippen molar-refractivity contribution in [3.8, 4) is 0 Å². The van der Waals surface area contributed by atoms with Gasteiger partial charge in [0.1, 0.15) is 5.60 Å². The van der Waals surface area contributed by atoms with E-state index in [9.17, 15) is 5.11 Å². The second kappa shape index (κ2) is 3.24. The molecule has 0 radical (unpaired) electrons. The van der Waals surface area contributed by atoms with Gasteiger partial charge in [-0.1, -0.05) is 19.1 Å². The summed E-state index contributed by atoms with van der Waals surface area (Å²) in [6.45, 7) is 2.16. The third kappa shape index (κ3) is 1.67. The Hall–Kier alpha value is -0.670. The number of nitrogens with zero attached hydrogens (tertiary/aromatic N) is 1. The molecule has 0 aromatic carbocycles. The van der Waals surface area contributed by atoms with Crippen molar-refractivity contribution in [1.29, 1.82) is 0 Å². The molecular weight excluding hydrogens is 182 g/mol. The Bertz CT molecular complexity index is 307. The second-order valence-corrected chi connectivity index (χ2v) is 4.35. The van der Waals surface area contributed by atoms with Gasteiger partial charge in [0.25, 0.3) is 0 Å². The molecule has 1 N–H and O–H groups in total. The highest BCUT2D eigenvalue weighted by molar-refractivity contribution is 7.03. The number of aromatic nitrogens is 1. The topological polar surface area (TPSA) is 33.1 Å². The van der Waals surface area contributed by atoms with Gasteiger partial charge in [0.2, 0.25) is 0 Å². The highest BCUT2D eigenvalue weighted by Gasteiger charge is 2.30. The van der Waals surface area contributed by atoms with Crippen molar-refractivity contribution in [2.75, 3.05) is 0 Å². The first kappa shape index (κ1) is 8.91. The third-order valence-corrected chi connectivity index (χ3v) is 3.12. The molecule has 0 aliphatic heterocycles. The Morgan fingerprint density at radius 3 is 3.08 bits per heavy atom. The van der Waals surface area contributed by atoms with E-state index >= 15 is 0 Å². The molecule has 1 heterocycles. The summed E-state index contributed by atoms with van der Waals surface area (Å²) < 4.78 is 4.18. The number of aliphatic hydroxyl groups is 1. The van der Waals surface area contributed by atoms with E-state index in [0.29, 0.717) is 5.92 Å². The molecule has 3 heteroatoms. The van der Waals surface area contributed by atoms with Gasteiger partial charge in [0.15, 0.2) is 0 Å². The van der Waals surface area contributed by atoms with Crippen LogP contribution in [0.4, 0.5) is 0 Å². The number of allylic oxidation sites excluding steroid dienone is 1. The zero-order chi connectivity index (χ0) is 9.31. The van der Waals surface area contributed by atoms with Gasteiger partial charge in [-0.15, -0.1) is 0 Å². The van der Waals surface area contributed by atoms with E-state index in [4.69, 9.17) is 0 Å². The normalized spacial score (nSPS) is 33.5. The summed E-state index contributed by atoms with van der Waals surface area (Å²) in [5.74, 6) is 0.582. The molecule has 1 aliphatic carbocycles. The van der Waals surface area contributed by atoms with Crippen LogP contribution in [0.3, 0.4) is 0 Å². The maximum Gasteiger partial charge on any atom is 0.126 e. The van der Waals surface area contributed by atoms with Gasteiger partial charge in [0, 0.05) is 5.38 Å². The molecule has 1 aromatic heterocycles. The largest absolute Gasteiger partial charge is 0.379 e. The van der Waals surface area contributed by atoms with Crippen LogP contribution < -0.4 is 0 Å². The molecule has 1 aliphatic rings. The second-order valence-electron chi connectivity index (χ2n) is 3.68. The summed E-state index contributed by atoms with van der Waals surface area (Å²) in [6, 6.07) is 1.89. The monoisotopic (exact) mass is 195 g/mol.